The highest BCUT2D eigenvalue weighted by molar-refractivity contribution is 6.05. The molecule has 9 nitrogen and oxygen atoms in total. The van der Waals surface area contributed by atoms with Gasteiger partial charge in [-0.3, -0.25) is 14.4 Å². The van der Waals surface area contributed by atoms with Crippen LogP contribution in [0.3, 0.4) is 0 Å². The van der Waals surface area contributed by atoms with Gasteiger partial charge in [0.25, 0.3) is 5.91 Å². The standard InChI is InChI=1S/C39H51N3O6/c1-6-11-12-16-26-47-37(46)33-32-35(44)42(31(27-43)28-17-14-13-15-18-28)34(39(32)24-23-38(33,8-3)48-39)36(45)41(25-7-2)30-21-19-29(20-22-30)40(9-4)10-5/h6-7,13-15,17-22,31-34,43H,1-2,8-12,16,23-27H2,3-5H3/t31-,32+,33+,34?,38-,39?/m1/s1. The van der Waals surface area contributed by atoms with E-state index in [2.05, 4.69) is 31.9 Å². The Balaban J connectivity index is 1.58. The number of likely N-dealkylation sites (tertiary alicyclic amines) is 1. The summed E-state index contributed by atoms with van der Waals surface area (Å²) >= 11 is 0. The molecule has 48 heavy (non-hydrogen) atoms. The zero-order valence-corrected chi connectivity index (χ0v) is 28.7. The molecule has 2 aromatic carbocycles. The van der Waals surface area contributed by atoms with Gasteiger partial charge in [-0.2, -0.15) is 0 Å². The van der Waals surface area contributed by atoms with Gasteiger partial charge in [-0.25, -0.2) is 0 Å². The Morgan fingerprint density at radius 1 is 1.02 bits per heavy atom. The number of esters is 1. The molecule has 2 aromatic rings. The van der Waals surface area contributed by atoms with Crippen molar-refractivity contribution in [1.82, 2.24) is 4.90 Å². The minimum absolute atomic E-state index is 0.201. The van der Waals surface area contributed by atoms with E-state index in [-0.39, 0.29) is 25.0 Å². The summed E-state index contributed by atoms with van der Waals surface area (Å²) in [6, 6.07) is 15.2. The number of ether oxygens (including phenoxy) is 2. The summed E-state index contributed by atoms with van der Waals surface area (Å²) in [5.41, 5.74) is 0.224. The molecule has 3 aliphatic rings. The number of aliphatic hydroxyl groups is 1. The maximum Gasteiger partial charge on any atom is 0.312 e. The number of carbonyl (C=O) groups is 3. The number of unbranched alkanes of at least 4 members (excludes halogenated alkanes) is 2. The second kappa shape index (κ2) is 15.1. The smallest absolute Gasteiger partial charge is 0.312 e. The van der Waals surface area contributed by atoms with Crippen LogP contribution >= 0.6 is 0 Å². The predicted molar refractivity (Wildman–Crippen MR) is 188 cm³/mol. The quantitative estimate of drug-likeness (QED) is 0.130. The number of carbonyl (C=O) groups excluding carboxylic acids is 3. The van der Waals surface area contributed by atoms with E-state index < -0.39 is 47.7 Å². The van der Waals surface area contributed by atoms with Crippen LogP contribution in [0.15, 0.2) is 79.9 Å². The Morgan fingerprint density at radius 2 is 1.71 bits per heavy atom. The van der Waals surface area contributed by atoms with Crippen LogP contribution in [0.2, 0.25) is 0 Å². The molecule has 3 fully saturated rings. The molecule has 2 bridgehead atoms. The van der Waals surface area contributed by atoms with E-state index in [1.54, 1.807) is 11.0 Å². The molecule has 258 valence electrons. The largest absolute Gasteiger partial charge is 0.465 e. The van der Waals surface area contributed by atoms with Crippen molar-refractivity contribution in [3.63, 3.8) is 0 Å². The lowest BCUT2D eigenvalue weighted by molar-refractivity contribution is -0.162. The highest BCUT2D eigenvalue weighted by atomic mass is 16.6. The van der Waals surface area contributed by atoms with Crippen LogP contribution in [0.4, 0.5) is 11.4 Å². The minimum atomic E-state index is -1.26. The highest BCUT2D eigenvalue weighted by Gasteiger charge is 2.79. The molecule has 0 saturated carbocycles. The Morgan fingerprint density at radius 3 is 2.31 bits per heavy atom. The van der Waals surface area contributed by atoms with Gasteiger partial charge in [0.1, 0.15) is 17.6 Å². The predicted octanol–water partition coefficient (Wildman–Crippen LogP) is 5.84. The molecule has 0 aromatic heterocycles. The number of fused-ring (bicyclic) bond motifs is 1. The lowest BCUT2D eigenvalue weighted by Crippen LogP contribution is -2.57. The molecule has 1 N–H and O–H groups in total. The fourth-order valence-corrected chi connectivity index (χ4v) is 8.34. The monoisotopic (exact) mass is 657 g/mol. The van der Waals surface area contributed by atoms with Crippen molar-refractivity contribution < 1.29 is 29.0 Å². The fourth-order valence-electron chi connectivity index (χ4n) is 8.34. The second-order valence-electron chi connectivity index (χ2n) is 13.1. The minimum Gasteiger partial charge on any atom is -0.465 e. The van der Waals surface area contributed by atoms with Gasteiger partial charge in [-0.1, -0.05) is 49.4 Å². The van der Waals surface area contributed by atoms with E-state index in [4.69, 9.17) is 9.47 Å². The first-order chi connectivity index (χ1) is 23.3. The third kappa shape index (κ3) is 6.07. The number of benzene rings is 2. The summed E-state index contributed by atoms with van der Waals surface area (Å²) in [7, 11) is 0. The molecule has 0 radical (unpaired) electrons. The highest BCUT2D eigenvalue weighted by Crippen LogP contribution is 2.65. The number of amides is 2. The van der Waals surface area contributed by atoms with Crippen molar-refractivity contribution in [1.29, 1.82) is 0 Å². The number of hydrogen-bond acceptors (Lipinski definition) is 7. The van der Waals surface area contributed by atoms with Crippen molar-refractivity contribution in [3.8, 4) is 0 Å². The summed E-state index contributed by atoms with van der Waals surface area (Å²) in [6.07, 6.45) is 7.32. The van der Waals surface area contributed by atoms with Crippen LogP contribution in [-0.4, -0.2) is 77.9 Å². The van der Waals surface area contributed by atoms with Crippen molar-refractivity contribution >= 4 is 29.2 Å². The molecule has 3 saturated heterocycles. The first-order valence-corrected chi connectivity index (χ1v) is 17.5. The number of hydrogen-bond donors (Lipinski definition) is 1. The van der Waals surface area contributed by atoms with E-state index in [9.17, 15) is 14.7 Å². The van der Waals surface area contributed by atoms with Crippen molar-refractivity contribution in [2.45, 2.75) is 82.6 Å². The fraction of sp³-hybridized carbons (Fsp3) is 0.513. The Hall–Kier alpha value is -3.95. The third-order valence-electron chi connectivity index (χ3n) is 10.7. The zero-order chi connectivity index (χ0) is 34.5. The van der Waals surface area contributed by atoms with Gasteiger partial charge in [-0.15, -0.1) is 13.2 Å². The summed E-state index contributed by atoms with van der Waals surface area (Å²) in [4.78, 5) is 49.3. The average Bonchev–Trinajstić information content (AvgIpc) is 3.72. The number of nitrogens with zero attached hydrogens (tertiary/aromatic N) is 3. The van der Waals surface area contributed by atoms with Crippen molar-refractivity contribution in [2.24, 2.45) is 11.8 Å². The lowest BCUT2D eigenvalue weighted by Gasteiger charge is -2.39. The lowest BCUT2D eigenvalue weighted by atomic mass is 9.65. The maximum absolute atomic E-state index is 15.1. The van der Waals surface area contributed by atoms with E-state index in [1.165, 1.54) is 4.90 Å². The van der Waals surface area contributed by atoms with Crippen LogP contribution in [0.25, 0.3) is 0 Å². The molecule has 0 aliphatic carbocycles. The molecule has 2 unspecified atom stereocenters. The van der Waals surface area contributed by atoms with Gasteiger partial charge in [0.2, 0.25) is 5.91 Å². The Bertz CT molecular complexity index is 1460. The van der Waals surface area contributed by atoms with Gasteiger partial charge in [0.15, 0.2) is 0 Å². The molecule has 5 rings (SSSR count). The Labute approximate surface area is 285 Å². The topological polar surface area (TPSA) is 99.6 Å². The van der Waals surface area contributed by atoms with E-state index in [0.717, 1.165) is 31.6 Å². The van der Waals surface area contributed by atoms with Crippen molar-refractivity contribution in [2.75, 3.05) is 42.6 Å². The summed E-state index contributed by atoms with van der Waals surface area (Å²) in [5.74, 6) is -2.94. The third-order valence-corrected chi connectivity index (χ3v) is 10.7. The van der Waals surface area contributed by atoms with E-state index >= 15 is 4.79 Å². The number of aliphatic hydroxyl groups excluding tert-OH is 1. The molecule has 2 amide bonds. The Kier molecular flexibility index (Phi) is 11.1. The first kappa shape index (κ1) is 35.4. The van der Waals surface area contributed by atoms with Gasteiger partial charge in [-0.05, 0) is 82.2 Å². The van der Waals surface area contributed by atoms with Crippen LogP contribution in [0.1, 0.15) is 70.9 Å². The number of allylic oxidation sites excluding steroid dienone is 1. The molecule has 9 heteroatoms. The van der Waals surface area contributed by atoms with Crippen LogP contribution < -0.4 is 9.80 Å². The summed E-state index contributed by atoms with van der Waals surface area (Å²) in [6.45, 7) is 15.6. The zero-order valence-electron chi connectivity index (χ0n) is 28.7. The summed E-state index contributed by atoms with van der Waals surface area (Å²) < 4.78 is 12.8. The van der Waals surface area contributed by atoms with Crippen LogP contribution in [0, 0.1) is 11.8 Å². The van der Waals surface area contributed by atoms with Gasteiger partial charge < -0.3 is 29.3 Å². The summed E-state index contributed by atoms with van der Waals surface area (Å²) in [5, 5.41) is 10.9. The normalized spacial score (nSPS) is 26.2. The second-order valence-corrected chi connectivity index (χ2v) is 13.1. The molecule has 3 aliphatic heterocycles. The number of rotatable bonds is 17. The van der Waals surface area contributed by atoms with Gasteiger partial charge >= 0.3 is 5.97 Å². The van der Waals surface area contributed by atoms with Gasteiger partial charge in [0, 0.05) is 31.0 Å². The van der Waals surface area contributed by atoms with Crippen LogP contribution in [-0.2, 0) is 23.9 Å². The molecule has 6 atom stereocenters. The average molecular weight is 658 g/mol. The molecule has 1 spiro atoms. The van der Waals surface area contributed by atoms with E-state index in [0.29, 0.717) is 36.9 Å². The van der Waals surface area contributed by atoms with Gasteiger partial charge in [0.05, 0.1) is 30.8 Å². The molecule has 3 heterocycles. The molecular formula is C39H51N3O6. The maximum atomic E-state index is 15.1. The van der Waals surface area contributed by atoms with E-state index in [1.807, 2.05) is 67.6 Å². The first-order valence-electron chi connectivity index (χ1n) is 17.5. The number of anilines is 2. The SMILES string of the molecule is C=CCCCCOC(=O)[C@@H]1[C@H]2C(=O)N([C@H](CO)c3ccccc3)C(C(=O)N(CC=C)c3ccc(N(CC)CC)cc3)C23CC[C@@]1(CC)O3. The van der Waals surface area contributed by atoms with Crippen molar-refractivity contribution in [3.05, 3.63) is 85.5 Å². The van der Waals surface area contributed by atoms with Crippen LogP contribution in [0.5, 0.6) is 0 Å². The molecular weight excluding hydrogens is 606 g/mol.